The van der Waals surface area contributed by atoms with Gasteiger partial charge < -0.3 is 15.0 Å². The van der Waals surface area contributed by atoms with E-state index in [1.54, 1.807) is 14.1 Å². The van der Waals surface area contributed by atoms with Crippen molar-refractivity contribution in [1.82, 2.24) is 10.2 Å². The van der Waals surface area contributed by atoms with Crippen LogP contribution in [0.3, 0.4) is 0 Å². The Hall–Kier alpha value is -2.64. The summed E-state index contributed by atoms with van der Waals surface area (Å²) in [5, 5.41) is 2.57. The number of anilines is 1. The van der Waals surface area contributed by atoms with E-state index in [4.69, 9.17) is 4.74 Å². The molecule has 23 heavy (non-hydrogen) atoms. The number of halogens is 1. The Morgan fingerprint density at radius 3 is 2.83 bits per heavy atom. The van der Waals surface area contributed by atoms with Gasteiger partial charge in [0.15, 0.2) is 6.61 Å². The van der Waals surface area contributed by atoms with Crippen molar-refractivity contribution in [2.45, 2.75) is 6.42 Å². The van der Waals surface area contributed by atoms with Crippen molar-refractivity contribution in [2.75, 3.05) is 38.7 Å². The van der Waals surface area contributed by atoms with Gasteiger partial charge in [0.1, 0.15) is 18.1 Å². The number of nitrogens with zero attached hydrogens (tertiary/aromatic N) is 2. The topological polar surface area (TPSA) is 79.0 Å². The van der Waals surface area contributed by atoms with Gasteiger partial charge in [-0.3, -0.25) is 19.3 Å². The standard InChI is InChI=1S/C15H18FN3O4/c1-18(2)14(21)5-6-17-13(20)8-19-11-7-10(16)3-4-12(11)23-9-15(19)22/h3-4,7H,5-6,8-9H2,1-2H3,(H,17,20). The van der Waals surface area contributed by atoms with Crippen LogP contribution in [-0.2, 0) is 14.4 Å². The summed E-state index contributed by atoms with van der Waals surface area (Å²) in [7, 11) is 3.25. The SMILES string of the molecule is CN(C)C(=O)CCNC(=O)CN1C(=O)COc2ccc(F)cc21. The highest BCUT2D eigenvalue weighted by Gasteiger charge is 2.27. The van der Waals surface area contributed by atoms with Crippen molar-refractivity contribution >= 4 is 23.4 Å². The molecule has 1 aliphatic rings. The second kappa shape index (κ2) is 7.08. The summed E-state index contributed by atoms with van der Waals surface area (Å²) in [5.74, 6) is -1.14. The van der Waals surface area contributed by atoms with E-state index >= 15 is 0 Å². The molecular formula is C15H18FN3O4. The Morgan fingerprint density at radius 1 is 1.39 bits per heavy atom. The Morgan fingerprint density at radius 2 is 2.13 bits per heavy atom. The zero-order valence-corrected chi connectivity index (χ0v) is 13.0. The van der Waals surface area contributed by atoms with Crippen LogP contribution in [0, 0.1) is 5.82 Å². The molecule has 0 radical (unpaired) electrons. The van der Waals surface area contributed by atoms with Gasteiger partial charge in [-0.2, -0.15) is 0 Å². The molecule has 0 saturated carbocycles. The van der Waals surface area contributed by atoms with E-state index in [-0.39, 0.29) is 37.7 Å². The van der Waals surface area contributed by atoms with Crippen molar-refractivity contribution in [2.24, 2.45) is 0 Å². The molecule has 1 heterocycles. The van der Waals surface area contributed by atoms with Gasteiger partial charge >= 0.3 is 0 Å². The number of hydrogen-bond acceptors (Lipinski definition) is 4. The van der Waals surface area contributed by atoms with Crippen LogP contribution in [0.2, 0.25) is 0 Å². The molecule has 0 spiro atoms. The van der Waals surface area contributed by atoms with Crippen molar-refractivity contribution in [1.29, 1.82) is 0 Å². The highest BCUT2D eigenvalue weighted by molar-refractivity contribution is 6.02. The molecule has 1 aromatic rings. The van der Waals surface area contributed by atoms with Crippen LogP contribution in [0.15, 0.2) is 18.2 Å². The van der Waals surface area contributed by atoms with Crippen LogP contribution in [0.1, 0.15) is 6.42 Å². The maximum atomic E-state index is 13.4. The minimum atomic E-state index is -0.524. The van der Waals surface area contributed by atoms with Gasteiger partial charge in [-0.15, -0.1) is 0 Å². The maximum Gasteiger partial charge on any atom is 0.265 e. The lowest BCUT2D eigenvalue weighted by Gasteiger charge is -2.28. The fourth-order valence-corrected chi connectivity index (χ4v) is 2.08. The van der Waals surface area contributed by atoms with Gasteiger partial charge in [0, 0.05) is 33.1 Å². The monoisotopic (exact) mass is 323 g/mol. The number of nitrogens with one attached hydrogen (secondary N) is 1. The number of carbonyl (C=O) groups excluding carboxylic acids is 3. The first kappa shape index (κ1) is 16.7. The number of rotatable bonds is 5. The number of ether oxygens (including phenoxy) is 1. The minimum Gasteiger partial charge on any atom is -0.482 e. The van der Waals surface area contributed by atoms with Gasteiger partial charge in [0.25, 0.3) is 5.91 Å². The van der Waals surface area contributed by atoms with E-state index < -0.39 is 17.6 Å². The first-order valence-corrected chi connectivity index (χ1v) is 7.08. The molecule has 7 nitrogen and oxygen atoms in total. The van der Waals surface area contributed by atoms with E-state index in [9.17, 15) is 18.8 Å². The number of hydrogen-bond donors (Lipinski definition) is 1. The van der Waals surface area contributed by atoms with Gasteiger partial charge in [-0.1, -0.05) is 0 Å². The summed E-state index contributed by atoms with van der Waals surface area (Å²) in [4.78, 5) is 37.9. The van der Waals surface area contributed by atoms with Crippen molar-refractivity contribution in [3.8, 4) is 5.75 Å². The van der Waals surface area contributed by atoms with Gasteiger partial charge in [0.05, 0.1) is 5.69 Å². The second-order valence-electron chi connectivity index (χ2n) is 5.27. The predicted molar refractivity (Wildman–Crippen MR) is 80.6 cm³/mol. The van der Waals surface area contributed by atoms with E-state index in [0.29, 0.717) is 5.75 Å². The van der Waals surface area contributed by atoms with Crippen LogP contribution in [0.4, 0.5) is 10.1 Å². The van der Waals surface area contributed by atoms with E-state index in [1.807, 2.05) is 0 Å². The highest BCUT2D eigenvalue weighted by atomic mass is 19.1. The third-order valence-electron chi connectivity index (χ3n) is 3.33. The van der Waals surface area contributed by atoms with E-state index in [0.717, 1.165) is 6.07 Å². The summed E-state index contributed by atoms with van der Waals surface area (Å²) in [6.07, 6.45) is 0.168. The van der Waals surface area contributed by atoms with Gasteiger partial charge in [-0.05, 0) is 12.1 Å². The molecule has 3 amide bonds. The Balaban J connectivity index is 1.97. The first-order chi connectivity index (χ1) is 10.9. The quantitative estimate of drug-likeness (QED) is 0.836. The normalized spacial score (nSPS) is 13.2. The van der Waals surface area contributed by atoms with Crippen molar-refractivity contribution in [3.63, 3.8) is 0 Å². The van der Waals surface area contributed by atoms with E-state index in [2.05, 4.69) is 5.32 Å². The largest absolute Gasteiger partial charge is 0.482 e. The number of amides is 3. The average Bonchev–Trinajstić information content (AvgIpc) is 2.50. The lowest BCUT2D eigenvalue weighted by Crippen LogP contribution is -2.45. The lowest BCUT2D eigenvalue weighted by atomic mass is 10.2. The summed E-state index contributed by atoms with van der Waals surface area (Å²) in [6, 6.07) is 3.78. The third-order valence-corrected chi connectivity index (χ3v) is 3.33. The smallest absolute Gasteiger partial charge is 0.265 e. The molecular weight excluding hydrogens is 305 g/mol. The first-order valence-electron chi connectivity index (χ1n) is 7.08. The van der Waals surface area contributed by atoms with E-state index in [1.165, 1.54) is 21.9 Å². The molecule has 0 fully saturated rings. The minimum absolute atomic E-state index is 0.111. The molecule has 0 saturated heterocycles. The van der Waals surface area contributed by atoms with Gasteiger partial charge in [-0.25, -0.2) is 4.39 Å². The Bertz CT molecular complexity index is 633. The molecule has 124 valence electrons. The average molecular weight is 323 g/mol. The molecule has 8 heteroatoms. The van der Waals surface area contributed by atoms with Crippen LogP contribution in [0.5, 0.6) is 5.75 Å². The fourth-order valence-electron chi connectivity index (χ4n) is 2.08. The fraction of sp³-hybridized carbons (Fsp3) is 0.400. The van der Waals surface area contributed by atoms with Crippen LogP contribution < -0.4 is 15.0 Å². The summed E-state index contributed by atoms with van der Waals surface area (Å²) in [6.45, 7) is -0.287. The molecule has 1 aliphatic heterocycles. The summed E-state index contributed by atoms with van der Waals surface area (Å²) in [5.41, 5.74) is 0.223. The molecule has 0 aromatic heterocycles. The molecule has 2 rings (SSSR count). The summed E-state index contributed by atoms with van der Waals surface area (Å²) >= 11 is 0. The third kappa shape index (κ3) is 4.18. The van der Waals surface area contributed by atoms with Gasteiger partial charge in [0.2, 0.25) is 11.8 Å². The zero-order valence-electron chi connectivity index (χ0n) is 13.0. The van der Waals surface area contributed by atoms with Crippen LogP contribution in [0.25, 0.3) is 0 Å². The molecule has 0 aliphatic carbocycles. The van der Waals surface area contributed by atoms with Crippen LogP contribution >= 0.6 is 0 Å². The Labute approximate surface area is 133 Å². The molecule has 0 unspecified atom stereocenters. The second-order valence-corrected chi connectivity index (χ2v) is 5.27. The van der Waals surface area contributed by atoms with Crippen LogP contribution in [-0.4, -0.2) is 56.4 Å². The molecule has 0 bridgehead atoms. The summed E-state index contributed by atoms with van der Waals surface area (Å²) < 4.78 is 18.6. The predicted octanol–water partition coefficient (Wildman–Crippen LogP) is 0.146. The lowest BCUT2D eigenvalue weighted by molar-refractivity contribution is -0.129. The number of carbonyl (C=O) groups is 3. The number of benzene rings is 1. The zero-order chi connectivity index (χ0) is 17.0. The highest BCUT2D eigenvalue weighted by Crippen LogP contribution is 2.32. The Kier molecular flexibility index (Phi) is 5.15. The molecule has 1 N–H and O–H groups in total. The molecule has 0 atom stereocenters. The maximum absolute atomic E-state index is 13.4. The number of fused-ring (bicyclic) bond motifs is 1. The van der Waals surface area contributed by atoms with Crippen molar-refractivity contribution in [3.05, 3.63) is 24.0 Å². The van der Waals surface area contributed by atoms with Crippen molar-refractivity contribution < 1.29 is 23.5 Å². The molecule has 1 aromatic carbocycles.